The van der Waals surface area contributed by atoms with Crippen LogP contribution in [0.1, 0.15) is 55.4 Å². The van der Waals surface area contributed by atoms with Crippen molar-refractivity contribution in [1.82, 2.24) is 0 Å². The van der Waals surface area contributed by atoms with Crippen LogP contribution in [-0.2, 0) is 4.79 Å². The van der Waals surface area contributed by atoms with Crippen molar-refractivity contribution in [1.29, 1.82) is 0 Å². The highest BCUT2D eigenvalue weighted by molar-refractivity contribution is 5.75. The molecule has 0 aliphatic carbocycles. The third-order valence-electron chi connectivity index (χ3n) is 4.17. The topological polar surface area (TPSA) is 37.3 Å². The summed E-state index contributed by atoms with van der Waals surface area (Å²) in [7, 11) is 0. The molecular formula is C13H26O2. The van der Waals surface area contributed by atoms with Crippen molar-refractivity contribution < 1.29 is 9.90 Å². The van der Waals surface area contributed by atoms with Crippen molar-refractivity contribution in [3.8, 4) is 0 Å². The molecule has 0 aromatic rings. The zero-order valence-electron chi connectivity index (χ0n) is 11.4. The van der Waals surface area contributed by atoms with Crippen molar-refractivity contribution in [2.75, 3.05) is 0 Å². The first-order valence-electron chi connectivity index (χ1n) is 5.58. The van der Waals surface area contributed by atoms with Gasteiger partial charge in [-0.15, -0.1) is 0 Å². The second-order valence-electron chi connectivity index (χ2n) is 6.85. The zero-order valence-corrected chi connectivity index (χ0v) is 11.4. The smallest absolute Gasteiger partial charge is 0.310 e. The molecule has 0 radical (unpaired) electrons. The number of carboxylic acid groups (broad SMARTS) is 1. The maximum Gasteiger partial charge on any atom is 0.310 e. The maximum absolute atomic E-state index is 11.6. The molecular weight excluding hydrogens is 188 g/mol. The first-order chi connectivity index (χ1) is 6.35. The van der Waals surface area contributed by atoms with Crippen molar-refractivity contribution in [3.05, 3.63) is 0 Å². The Morgan fingerprint density at radius 2 is 1.33 bits per heavy atom. The third kappa shape index (κ3) is 2.53. The van der Waals surface area contributed by atoms with Crippen molar-refractivity contribution in [3.63, 3.8) is 0 Å². The van der Waals surface area contributed by atoms with Crippen molar-refractivity contribution >= 4 is 5.97 Å². The summed E-state index contributed by atoms with van der Waals surface area (Å²) in [5, 5.41) is 9.50. The lowest BCUT2D eigenvalue weighted by Crippen LogP contribution is -2.49. The van der Waals surface area contributed by atoms with Crippen molar-refractivity contribution in [2.45, 2.75) is 55.4 Å². The van der Waals surface area contributed by atoms with Gasteiger partial charge in [-0.25, -0.2) is 0 Å². The molecule has 0 saturated carbocycles. The van der Waals surface area contributed by atoms with Gasteiger partial charge in [0.25, 0.3) is 0 Å². The average Bonchev–Trinajstić information content (AvgIpc) is 1.97. The van der Waals surface area contributed by atoms with Gasteiger partial charge in [-0.05, 0) is 23.7 Å². The van der Waals surface area contributed by atoms with E-state index in [0.29, 0.717) is 0 Å². The molecule has 0 amide bonds. The maximum atomic E-state index is 11.6. The van der Waals surface area contributed by atoms with E-state index in [1.165, 1.54) is 0 Å². The quantitative estimate of drug-likeness (QED) is 0.759. The summed E-state index contributed by atoms with van der Waals surface area (Å²) >= 11 is 0. The lowest BCUT2D eigenvalue weighted by Gasteiger charge is -2.48. The molecule has 1 N–H and O–H groups in total. The van der Waals surface area contributed by atoms with Gasteiger partial charge >= 0.3 is 5.97 Å². The molecule has 0 heterocycles. The summed E-state index contributed by atoms with van der Waals surface area (Å²) in [6.07, 6.45) is 0. The van der Waals surface area contributed by atoms with Gasteiger partial charge in [0, 0.05) is 0 Å². The van der Waals surface area contributed by atoms with E-state index >= 15 is 0 Å². The molecule has 0 bridgehead atoms. The Morgan fingerprint density at radius 3 is 1.40 bits per heavy atom. The highest BCUT2D eigenvalue weighted by atomic mass is 16.4. The first kappa shape index (κ1) is 14.5. The Bertz CT molecular complexity index is 242. The number of carbonyl (C=O) groups is 1. The van der Waals surface area contributed by atoms with E-state index in [2.05, 4.69) is 20.8 Å². The second kappa shape index (κ2) is 3.80. The van der Waals surface area contributed by atoms with E-state index in [1.807, 2.05) is 34.6 Å². The van der Waals surface area contributed by atoms with Crippen molar-refractivity contribution in [2.24, 2.45) is 22.2 Å². The molecule has 0 rings (SSSR count). The van der Waals surface area contributed by atoms with Crippen LogP contribution in [0.3, 0.4) is 0 Å². The van der Waals surface area contributed by atoms with E-state index in [4.69, 9.17) is 0 Å². The Kier molecular flexibility index (Phi) is 3.67. The number of hydrogen-bond acceptors (Lipinski definition) is 1. The van der Waals surface area contributed by atoms with Crippen LogP contribution in [0.4, 0.5) is 0 Å². The van der Waals surface area contributed by atoms with Crippen LogP contribution in [0.15, 0.2) is 0 Å². The normalized spacial score (nSPS) is 19.5. The van der Waals surface area contributed by atoms with Crippen LogP contribution in [0.2, 0.25) is 0 Å². The van der Waals surface area contributed by atoms with E-state index in [9.17, 15) is 9.90 Å². The minimum absolute atomic E-state index is 0.000417. The van der Waals surface area contributed by atoms with Gasteiger partial charge in [-0.2, -0.15) is 0 Å². The molecule has 0 aliphatic heterocycles. The highest BCUT2D eigenvalue weighted by Gasteiger charge is 2.51. The van der Waals surface area contributed by atoms with Gasteiger partial charge in [0.05, 0.1) is 5.41 Å². The van der Waals surface area contributed by atoms with Crippen LogP contribution in [-0.4, -0.2) is 11.1 Å². The molecule has 2 atom stereocenters. The fourth-order valence-electron chi connectivity index (χ4n) is 2.02. The average molecular weight is 214 g/mol. The molecule has 2 heteroatoms. The monoisotopic (exact) mass is 214 g/mol. The first-order valence-corrected chi connectivity index (χ1v) is 5.58. The number of rotatable bonds is 2. The molecule has 0 aromatic heterocycles. The van der Waals surface area contributed by atoms with E-state index in [0.717, 1.165) is 0 Å². The van der Waals surface area contributed by atoms with Gasteiger partial charge in [0.1, 0.15) is 0 Å². The largest absolute Gasteiger partial charge is 0.481 e. The van der Waals surface area contributed by atoms with Gasteiger partial charge in [-0.3, -0.25) is 4.79 Å². The minimum atomic E-state index is -0.703. The summed E-state index contributed by atoms with van der Waals surface area (Å²) < 4.78 is 0. The van der Waals surface area contributed by atoms with Gasteiger partial charge in [0.15, 0.2) is 0 Å². The Labute approximate surface area is 94.1 Å². The lowest BCUT2D eigenvalue weighted by atomic mass is 9.55. The number of aliphatic carboxylic acids is 1. The molecule has 0 aliphatic rings. The SMILES string of the molecule is CC(C(C)(C)C)C(C)(C(=O)O)C(C)(C)C. The lowest BCUT2D eigenvalue weighted by molar-refractivity contribution is -0.164. The Balaban J connectivity index is 5.43. The van der Waals surface area contributed by atoms with Crippen LogP contribution in [0.25, 0.3) is 0 Å². The van der Waals surface area contributed by atoms with Crippen LogP contribution >= 0.6 is 0 Å². The molecule has 90 valence electrons. The van der Waals surface area contributed by atoms with E-state index < -0.39 is 11.4 Å². The van der Waals surface area contributed by atoms with Gasteiger partial charge in [-0.1, -0.05) is 48.5 Å². The summed E-state index contributed by atoms with van der Waals surface area (Å²) in [6.45, 7) is 16.2. The van der Waals surface area contributed by atoms with Crippen LogP contribution < -0.4 is 0 Å². The predicted octanol–water partition coefficient (Wildman–Crippen LogP) is 3.81. The van der Waals surface area contributed by atoms with Gasteiger partial charge in [0.2, 0.25) is 0 Å². The molecule has 0 aromatic carbocycles. The summed E-state index contributed by atoms with van der Waals surface area (Å²) in [4.78, 5) is 11.6. The Hall–Kier alpha value is -0.530. The summed E-state index contributed by atoms with van der Waals surface area (Å²) in [5.41, 5.74) is -0.947. The number of carboxylic acids is 1. The highest BCUT2D eigenvalue weighted by Crippen LogP contribution is 2.50. The Morgan fingerprint density at radius 1 is 1.00 bits per heavy atom. The number of hydrogen-bond donors (Lipinski definition) is 1. The van der Waals surface area contributed by atoms with Gasteiger partial charge < -0.3 is 5.11 Å². The van der Waals surface area contributed by atoms with E-state index in [1.54, 1.807) is 0 Å². The fraction of sp³-hybridized carbons (Fsp3) is 0.923. The van der Waals surface area contributed by atoms with Crippen LogP contribution in [0.5, 0.6) is 0 Å². The molecule has 0 fully saturated rings. The molecule has 0 spiro atoms. The van der Waals surface area contributed by atoms with Crippen LogP contribution in [0, 0.1) is 22.2 Å². The molecule has 2 nitrogen and oxygen atoms in total. The fourth-order valence-corrected chi connectivity index (χ4v) is 2.02. The summed E-state index contributed by atoms with van der Waals surface area (Å²) in [6, 6.07) is 0. The molecule has 2 unspecified atom stereocenters. The molecule has 0 saturated heterocycles. The standard InChI is InChI=1S/C13H26O2/c1-9(11(2,3)4)13(8,10(14)15)12(5,6)7/h9H,1-8H3,(H,14,15). The summed E-state index contributed by atoms with van der Waals surface area (Å²) in [5.74, 6) is -0.583. The predicted molar refractivity (Wildman–Crippen MR) is 63.8 cm³/mol. The zero-order chi connectivity index (χ0) is 12.7. The second-order valence-corrected chi connectivity index (χ2v) is 6.85. The third-order valence-corrected chi connectivity index (χ3v) is 4.17. The van der Waals surface area contributed by atoms with E-state index in [-0.39, 0.29) is 16.7 Å². The molecule has 15 heavy (non-hydrogen) atoms. The minimum Gasteiger partial charge on any atom is -0.481 e.